The Kier molecular flexibility index (Phi) is 2.23. The Morgan fingerprint density at radius 2 is 2.00 bits per heavy atom. The predicted molar refractivity (Wildman–Crippen MR) is 53.7 cm³/mol. The second kappa shape index (κ2) is 3.54. The average molecular weight is 188 g/mol. The number of fused-ring (bicyclic) bond motifs is 1. The minimum Gasteiger partial charge on any atom is -0.496 e. The molecule has 0 saturated heterocycles. The van der Waals surface area contributed by atoms with Gasteiger partial charge >= 0.3 is 0 Å². The minimum absolute atomic E-state index is 0.585. The van der Waals surface area contributed by atoms with Crippen molar-refractivity contribution in [3.8, 4) is 11.6 Å². The van der Waals surface area contributed by atoms with Crippen molar-refractivity contribution in [1.29, 1.82) is 0 Å². The van der Waals surface area contributed by atoms with Crippen molar-refractivity contribution in [3.05, 3.63) is 30.3 Å². The highest BCUT2D eigenvalue weighted by atomic mass is 16.5. The number of nitrogens with zero attached hydrogens (tertiary/aromatic N) is 1. The number of ether oxygens (including phenoxy) is 2. The maximum absolute atomic E-state index is 5.20. The fourth-order valence-corrected chi connectivity index (χ4v) is 1.33. The SMILES string of the molecule is COc1ccc2c(OC)cc[c]c2n1. The number of benzene rings is 1. The Hall–Kier alpha value is -1.77. The summed E-state index contributed by atoms with van der Waals surface area (Å²) in [5.74, 6) is 1.39. The lowest BCUT2D eigenvalue weighted by Crippen LogP contribution is -1.90. The molecule has 1 radical (unpaired) electrons. The van der Waals surface area contributed by atoms with E-state index in [2.05, 4.69) is 11.1 Å². The van der Waals surface area contributed by atoms with Gasteiger partial charge < -0.3 is 9.47 Å². The summed E-state index contributed by atoms with van der Waals surface area (Å²) >= 11 is 0. The topological polar surface area (TPSA) is 31.4 Å². The van der Waals surface area contributed by atoms with Crippen LogP contribution in [0.2, 0.25) is 0 Å². The first-order valence-corrected chi connectivity index (χ1v) is 4.24. The lowest BCUT2D eigenvalue weighted by Gasteiger charge is -2.05. The zero-order valence-corrected chi connectivity index (χ0v) is 8.07. The van der Waals surface area contributed by atoms with Gasteiger partial charge in [-0.1, -0.05) is 0 Å². The average Bonchev–Trinajstić information content (AvgIpc) is 2.27. The molecule has 1 aromatic carbocycles. The van der Waals surface area contributed by atoms with Gasteiger partial charge in [0.15, 0.2) is 0 Å². The van der Waals surface area contributed by atoms with E-state index in [1.54, 1.807) is 26.4 Å². The highest BCUT2D eigenvalue weighted by Crippen LogP contribution is 2.25. The monoisotopic (exact) mass is 188 g/mol. The second-order valence-electron chi connectivity index (χ2n) is 2.80. The van der Waals surface area contributed by atoms with Crippen LogP contribution in [0.15, 0.2) is 24.3 Å². The van der Waals surface area contributed by atoms with Crippen molar-refractivity contribution >= 4 is 10.9 Å². The molecule has 0 spiro atoms. The molecule has 0 N–H and O–H groups in total. The molecule has 2 aromatic rings. The molecule has 0 aliphatic heterocycles. The van der Waals surface area contributed by atoms with E-state index in [4.69, 9.17) is 9.47 Å². The van der Waals surface area contributed by atoms with Crippen LogP contribution in [0.25, 0.3) is 10.9 Å². The lowest BCUT2D eigenvalue weighted by atomic mass is 10.2. The van der Waals surface area contributed by atoms with Crippen molar-refractivity contribution in [1.82, 2.24) is 4.98 Å². The van der Waals surface area contributed by atoms with Crippen LogP contribution in [0.3, 0.4) is 0 Å². The molecule has 0 saturated carbocycles. The van der Waals surface area contributed by atoms with Gasteiger partial charge in [-0.05, 0) is 18.2 Å². The van der Waals surface area contributed by atoms with Crippen LogP contribution >= 0.6 is 0 Å². The smallest absolute Gasteiger partial charge is 0.213 e. The number of methoxy groups -OCH3 is 2. The van der Waals surface area contributed by atoms with Crippen molar-refractivity contribution in [2.45, 2.75) is 0 Å². The number of hydrogen-bond donors (Lipinski definition) is 0. The Bertz CT molecular complexity index is 454. The van der Waals surface area contributed by atoms with Crippen molar-refractivity contribution < 1.29 is 9.47 Å². The van der Waals surface area contributed by atoms with Gasteiger partial charge in [0.1, 0.15) is 5.75 Å². The van der Waals surface area contributed by atoms with Gasteiger partial charge in [-0.15, -0.1) is 0 Å². The van der Waals surface area contributed by atoms with Crippen molar-refractivity contribution in [3.63, 3.8) is 0 Å². The van der Waals surface area contributed by atoms with Crippen molar-refractivity contribution in [2.75, 3.05) is 14.2 Å². The Morgan fingerprint density at radius 3 is 2.71 bits per heavy atom. The van der Waals surface area contributed by atoms with Crippen LogP contribution in [-0.2, 0) is 0 Å². The van der Waals surface area contributed by atoms with Crippen LogP contribution in [0, 0.1) is 6.07 Å². The van der Waals surface area contributed by atoms with Gasteiger partial charge in [0.25, 0.3) is 0 Å². The van der Waals surface area contributed by atoms with E-state index >= 15 is 0 Å². The summed E-state index contributed by atoms with van der Waals surface area (Å²) in [6, 6.07) is 10.4. The first kappa shape index (κ1) is 8.81. The van der Waals surface area contributed by atoms with Gasteiger partial charge in [-0.25, -0.2) is 4.98 Å². The zero-order valence-electron chi connectivity index (χ0n) is 8.07. The van der Waals surface area contributed by atoms with E-state index in [0.29, 0.717) is 5.88 Å². The molecule has 3 nitrogen and oxygen atoms in total. The third-order valence-electron chi connectivity index (χ3n) is 2.02. The van der Waals surface area contributed by atoms with Crippen LogP contribution in [0.1, 0.15) is 0 Å². The number of hydrogen-bond acceptors (Lipinski definition) is 3. The molecule has 14 heavy (non-hydrogen) atoms. The van der Waals surface area contributed by atoms with E-state index in [1.807, 2.05) is 12.1 Å². The molecular formula is C11H10NO2. The highest BCUT2D eigenvalue weighted by molar-refractivity contribution is 5.84. The third kappa shape index (κ3) is 1.37. The number of aromatic nitrogens is 1. The largest absolute Gasteiger partial charge is 0.496 e. The molecule has 0 amide bonds. The quantitative estimate of drug-likeness (QED) is 0.722. The molecule has 1 heterocycles. The van der Waals surface area contributed by atoms with E-state index in [0.717, 1.165) is 16.7 Å². The van der Waals surface area contributed by atoms with Gasteiger partial charge in [0.05, 0.1) is 19.7 Å². The first-order valence-electron chi connectivity index (χ1n) is 4.24. The molecule has 0 bridgehead atoms. The van der Waals surface area contributed by atoms with Gasteiger partial charge in [-0.2, -0.15) is 0 Å². The summed E-state index contributed by atoms with van der Waals surface area (Å²) < 4.78 is 10.2. The Morgan fingerprint density at radius 1 is 1.14 bits per heavy atom. The van der Waals surface area contributed by atoms with Crippen LogP contribution < -0.4 is 9.47 Å². The van der Waals surface area contributed by atoms with Crippen LogP contribution in [0.5, 0.6) is 11.6 Å². The molecule has 0 unspecified atom stereocenters. The highest BCUT2D eigenvalue weighted by Gasteiger charge is 2.02. The summed E-state index contributed by atoms with van der Waals surface area (Å²) in [5, 5.41) is 0.941. The molecule has 2 rings (SSSR count). The standard InChI is InChI=1S/C11H10NO2/c1-13-10-5-3-4-9-8(10)6-7-11(12-9)14-2/h3,5-7H,1-2H3. The van der Waals surface area contributed by atoms with Gasteiger partial charge in [0.2, 0.25) is 5.88 Å². The molecule has 0 fully saturated rings. The van der Waals surface area contributed by atoms with Gasteiger partial charge in [0, 0.05) is 17.5 Å². The van der Waals surface area contributed by atoms with E-state index in [9.17, 15) is 0 Å². The van der Waals surface area contributed by atoms with E-state index in [-0.39, 0.29) is 0 Å². The molecular weight excluding hydrogens is 178 g/mol. The summed E-state index contributed by atoms with van der Waals surface area (Å²) in [5.41, 5.74) is 0.753. The molecule has 0 atom stereocenters. The van der Waals surface area contributed by atoms with E-state index in [1.165, 1.54) is 0 Å². The summed E-state index contributed by atoms with van der Waals surface area (Å²) in [6.45, 7) is 0. The molecule has 0 aliphatic rings. The normalized spacial score (nSPS) is 10.1. The molecule has 1 aromatic heterocycles. The Balaban J connectivity index is 2.67. The summed E-state index contributed by atoms with van der Waals surface area (Å²) in [6.07, 6.45) is 0. The third-order valence-corrected chi connectivity index (χ3v) is 2.02. The maximum Gasteiger partial charge on any atom is 0.213 e. The lowest BCUT2D eigenvalue weighted by molar-refractivity contribution is 0.399. The minimum atomic E-state index is 0.585. The summed E-state index contributed by atoms with van der Waals surface area (Å²) in [4.78, 5) is 4.24. The fourth-order valence-electron chi connectivity index (χ4n) is 1.33. The molecule has 3 heteroatoms. The Labute approximate surface area is 82.3 Å². The van der Waals surface area contributed by atoms with Crippen LogP contribution in [0.4, 0.5) is 0 Å². The zero-order chi connectivity index (χ0) is 9.97. The predicted octanol–water partition coefficient (Wildman–Crippen LogP) is 2.05. The number of pyridine rings is 1. The fraction of sp³-hybridized carbons (Fsp3) is 0.182. The van der Waals surface area contributed by atoms with Crippen LogP contribution in [-0.4, -0.2) is 19.2 Å². The summed E-state index contributed by atoms with van der Waals surface area (Å²) in [7, 11) is 3.23. The van der Waals surface area contributed by atoms with Crippen molar-refractivity contribution in [2.24, 2.45) is 0 Å². The van der Waals surface area contributed by atoms with E-state index < -0.39 is 0 Å². The van der Waals surface area contributed by atoms with Gasteiger partial charge in [-0.3, -0.25) is 0 Å². The molecule has 0 aliphatic carbocycles. The first-order chi connectivity index (χ1) is 6.85. The maximum atomic E-state index is 5.20. The second-order valence-corrected chi connectivity index (χ2v) is 2.80. The number of rotatable bonds is 2. The molecule has 71 valence electrons.